The molecular formula is C23H21FN2O2. The third-order valence-corrected chi connectivity index (χ3v) is 4.30. The summed E-state index contributed by atoms with van der Waals surface area (Å²) in [5.41, 5.74) is 2.82. The molecule has 0 saturated carbocycles. The second-order valence-corrected chi connectivity index (χ2v) is 6.74. The van der Waals surface area contributed by atoms with Gasteiger partial charge in [-0.25, -0.2) is 4.39 Å². The van der Waals surface area contributed by atoms with Gasteiger partial charge in [0, 0.05) is 22.5 Å². The number of hydrogen-bond donors (Lipinski definition) is 2. The molecule has 28 heavy (non-hydrogen) atoms. The maximum Gasteiger partial charge on any atom is 0.255 e. The van der Waals surface area contributed by atoms with Gasteiger partial charge in [-0.2, -0.15) is 0 Å². The van der Waals surface area contributed by atoms with Gasteiger partial charge in [0.1, 0.15) is 5.82 Å². The van der Waals surface area contributed by atoms with Crippen molar-refractivity contribution in [1.82, 2.24) is 0 Å². The standard InChI is InChI=1S/C23H21FN2O2/c1-15(2)20-11-3-4-12-21(20)26-23(28)17-8-5-7-16(13-17)22(27)25-19-10-6-9-18(24)14-19/h3-15H,1-2H3,(H,25,27)(H,26,28). The lowest BCUT2D eigenvalue weighted by Gasteiger charge is -2.14. The normalized spacial score (nSPS) is 10.6. The zero-order chi connectivity index (χ0) is 20.1. The minimum absolute atomic E-state index is 0.264. The van der Waals surface area contributed by atoms with Gasteiger partial charge in [0.15, 0.2) is 0 Å². The van der Waals surface area contributed by atoms with E-state index in [0.717, 1.165) is 11.3 Å². The van der Waals surface area contributed by atoms with Crippen molar-refractivity contribution in [1.29, 1.82) is 0 Å². The highest BCUT2D eigenvalue weighted by atomic mass is 19.1. The predicted octanol–water partition coefficient (Wildman–Crippen LogP) is 5.45. The van der Waals surface area contributed by atoms with Crippen LogP contribution in [0.1, 0.15) is 46.0 Å². The molecule has 0 heterocycles. The maximum atomic E-state index is 13.3. The summed E-state index contributed by atoms with van der Waals surface area (Å²) < 4.78 is 13.3. The molecule has 0 aliphatic heterocycles. The van der Waals surface area contributed by atoms with Crippen LogP contribution in [-0.4, -0.2) is 11.8 Å². The number of anilines is 2. The molecule has 0 atom stereocenters. The Morgan fingerprint density at radius 3 is 2.11 bits per heavy atom. The van der Waals surface area contributed by atoms with Crippen molar-refractivity contribution in [3.63, 3.8) is 0 Å². The Kier molecular flexibility index (Phi) is 5.84. The topological polar surface area (TPSA) is 58.2 Å². The number of nitrogens with one attached hydrogen (secondary N) is 2. The zero-order valence-corrected chi connectivity index (χ0v) is 15.7. The molecule has 2 N–H and O–H groups in total. The van der Waals surface area contributed by atoms with Gasteiger partial charge in [-0.05, 0) is 53.9 Å². The van der Waals surface area contributed by atoms with Gasteiger partial charge in [0.05, 0.1) is 0 Å². The van der Waals surface area contributed by atoms with E-state index in [1.807, 2.05) is 24.3 Å². The minimum atomic E-state index is -0.435. The second-order valence-electron chi connectivity index (χ2n) is 6.74. The first-order valence-electron chi connectivity index (χ1n) is 9.01. The number of rotatable bonds is 5. The minimum Gasteiger partial charge on any atom is -0.322 e. The number of amides is 2. The molecule has 2 amide bonds. The summed E-state index contributed by atoms with van der Waals surface area (Å²) in [6.07, 6.45) is 0. The smallest absolute Gasteiger partial charge is 0.255 e. The molecule has 0 aliphatic carbocycles. The van der Waals surface area contributed by atoms with E-state index < -0.39 is 11.7 Å². The lowest BCUT2D eigenvalue weighted by molar-refractivity contribution is 0.102. The summed E-state index contributed by atoms with van der Waals surface area (Å²) in [6, 6.07) is 19.7. The molecule has 3 rings (SSSR count). The van der Waals surface area contributed by atoms with Crippen LogP contribution in [0.2, 0.25) is 0 Å². The van der Waals surface area contributed by atoms with Crippen LogP contribution in [0.15, 0.2) is 72.8 Å². The molecule has 4 nitrogen and oxygen atoms in total. The van der Waals surface area contributed by atoms with Crippen LogP contribution < -0.4 is 10.6 Å². The third-order valence-electron chi connectivity index (χ3n) is 4.30. The lowest BCUT2D eigenvalue weighted by Crippen LogP contribution is -2.16. The molecule has 3 aromatic carbocycles. The van der Waals surface area contributed by atoms with E-state index in [2.05, 4.69) is 24.5 Å². The Labute approximate surface area is 163 Å². The van der Waals surface area contributed by atoms with E-state index in [1.165, 1.54) is 24.3 Å². The van der Waals surface area contributed by atoms with Crippen LogP contribution in [0.25, 0.3) is 0 Å². The van der Waals surface area contributed by atoms with Crippen molar-refractivity contribution in [2.45, 2.75) is 19.8 Å². The van der Waals surface area contributed by atoms with Gasteiger partial charge in [0.2, 0.25) is 0 Å². The summed E-state index contributed by atoms with van der Waals surface area (Å²) in [5, 5.41) is 5.54. The Bertz CT molecular complexity index is 1010. The van der Waals surface area contributed by atoms with Crippen molar-refractivity contribution in [2.75, 3.05) is 10.6 Å². The molecule has 5 heteroatoms. The first-order valence-corrected chi connectivity index (χ1v) is 9.01. The SMILES string of the molecule is CC(C)c1ccccc1NC(=O)c1cccc(C(=O)Nc2cccc(F)c2)c1. The highest BCUT2D eigenvalue weighted by Gasteiger charge is 2.13. The third kappa shape index (κ3) is 4.62. The van der Waals surface area contributed by atoms with E-state index in [-0.39, 0.29) is 11.8 Å². The van der Waals surface area contributed by atoms with Crippen molar-refractivity contribution < 1.29 is 14.0 Å². The number of carbonyl (C=O) groups is 2. The number of para-hydroxylation sites is 1. The molecule has 0 saturated heterocycles. The molecule has 0 radical (unpaired) electrons. The first kappa shape index (κ1) is 19.3. The molecule has 0 fully saturated rings. The predicted molar refractivity (Wildman–Crippen MR) is 109 cm³/mol. The highest BCUT2D eigenvalue weighted by Crippen LogP contribution is 2.24. The fourth-order valence-corrected chi connectivity index (χ4v) is 2.88. The van der Waals surface area contributed by atoms with Crippen molar-refractivity contribution in [3.05, 3.63) is 95.3 Å². The lowest BCUT2D eigenvalue weighted by atomic mass is 10.0. The van der Waals surface area contributed by atoms with Crippen LogP contribution in [0, 0.1) is 5.82 Å². The quantitative estimate of drug-likeness (QED) is 0.622. The Morgan fingerprint density at radius 2 is 1.43 bits per heavy atom. The van der Waals surface area contributed by atoms with Gasteiger partial charge < -0.3 is 10.6 Å². The van der Waals surface area contributed by atoms with Crippen LogP contribution in [0.3, 0.4) is 0 Å². The van der Waals surface area contributed by atoms with E-state index in [4.69, 9.17) is 0 Å². The molecule has 0 aliphatic rings. The monoisotopic (exact) mass is 376 g/mol. The molecule has 142 valence electrons. The zero-order valence-electron chi connectivity index (χ0n) is 15.7. The maximum absolute atomic E-state index is 13.3. The van der Waals surface area contributed by atoms with Crippen molar-refractivity contribution in [2.24, 2.45) is 0 Å². The van der Waals surface area contributed by atoms with Crippen LogP contribution in [0.4, 0.5) is 15.8 Å². The summed E-state index contributed by atoms with van der Waals surface area (Å²) in [5.74, 6) is -0.883. The van der Waals surface area contributed by atoms with Gasteiger partial charge in [-0.1, -0.05) is 44.2 Å². The van der Waals surface area contributed by atoms with E-state index >= 15 is 0 Å². The number of halogens is 1. The largest absolute Gasteiger partial charge is 0.322 e. The molecule has 0 bridgehead atoms. The average molecular weight is 376 g/mol. The van der Waals surface area contributed by atoms with E-state index in [0.29, 0.717) is 16.8 Å². The van der Waals surface area contributed by atoms with Crippen molar-refractivity contribution >= 4 is 23.2 Å². The molecule has 0 spiro atoms. The average Bonchev–Trinajstić information content (AvgIpc) is 2.68. The highest BCUT2D eigenvalue weighted by molar-refractivity contribution is 6.08. The van der Waals surface area contributed by atoms with Gasteiger partial charge >= 0.3 is 0 Å². The van der Waals surface area contributed by atoms with Crippen LogP contribution in [-0.2, 0) is 0 Å². The summed E-state index contributed by atoms with van der Waals surface area (Å²) in [4.78, 5) is 25.1. The van der Waals surface area contributed by atoms with E-state index in [9.17, 15) is 14.0 Å². The Morgan fingerprint density at radius 1 is 0.786 bits per heavy atom. The first-order chi connectivity index (χ1) is 13.4. The van der Waals surface area contributed by atoms with Gasteiger partial charge in [-0.15, -0.1) is 0 Å². The Balaban J connectivity index is 1.77. The van der Waals surface area contributed by atoms with Gasteiger partial charge in [-0.3, -0.25) is 9.59 Å². The van der Waals surface area contributed by atoms with Crippen LogP contribution >= 0.6 is 0 Å². The van der Waals surface area contributed by atoms with Crippen LogP contribution in [0.5, 0.6) is 0 Å². The molecule has 0 aromatic heterocycles. The fraction of sp³-hybridized carbons (Fsp3) is 0.130. The number of hydrogen-bond acceptors (Lipinski definition) is 2. The summed E-state index contributed by atoms with van der Waals surface area (Å²) in [6.45, 7) is 4.12. The Hall–Kier alpha value is -3.47. The van der Waals surface area contributed by atoms with E-state index in [1.54, 1.807) is 24.3 Å². The summed E-state index contributed by atoms with van der Waals surface area (Å²) in [7, 11) is 0. The number of benzene rings is 3. The van der Waals surface area contributed by atoms with Crippen molar-refractivity contribution in [3.8, 4) is 0 Å². The number of carbonyl (C=O) groups excluding carboxylic acids is 2. The molecule has 0 unspecified atom stereocenters. The van der Waals surface area contributed by atoms with Gasteiger partial charge in [0.25, 0.3) is 11.8 Å². The fourth-order valence-electron chi connectivity index (χ4n) is 2.88. The molecular weight excluding hydrogens is 355 g/mol. The molecule has 3 aromatic rings. The summed E-state index contributed by atoms with van der Waals surface area (Å²) >= 11 is 0. The second kappa shape index (κ2) is 8.48.